The van der Waals surface area contributed by atoms with E-state index in [9.17, 15) is 4.79 Å². The summed E-state index contributed by atoms with van der Waals surface area (Å²) in [5, 5.41) is 3.28. The molecule has 1 aliphatic carbocycles. The number of hydrogen-bond acceptors (Lipinski definition) is 3. The first-order valence-electron chi connectivity index (χ1n) is 8.95. The number of ether oxygens (including phenoxy) is 1. The van der Waals surface area contributed by atoms with E-state index in [4.69, 9.17) is 4.74 Å². The second kappa shape index (κ2) is 8.46. The average molecular weight is 316 g/mol. The lowest BCUT2D eigenvalue weighted by atomic mass is 10.1. The van der Waals surface area contributed by atoms with E-state index in [0.29, 0.717) is 6.54 Å². The monoisotopic (exact) mass is 316 g/mol. The maximum absolute atomic E-state index is 12.1. The number of likely N-dealkylation sites (tertiary alicyclic amines) is 1. The van der Waals surface area contributed by atoms with Crippen molar-refractivity contribution in [2.24, 2.45) is 5.92 Å². The van der Waals surface area contributed by atoms with E-state index in [1.54, 1.807) is 0 Å². The van der Waals surface area contributed by atoms with Crippen LogP contribution >= 0.6 is 0 Å². The molecule has 3 rings (SSSR count). The Labute approximate surface area is 139 Å². The topological polar surface area (TPSA) is 41.6 Å². The molecular formula is C19H28N2O2. The van der Waals surface area contributed by atoms with Gasteiger partial charge in [0.25, 0.3) is 0 Å². The summed E-state index contributed by atoms with van der Waals surface area (Å²) < 4.78 is 5.94. The standard InChI is InChI=1S/C19H28N2O2/c22-19(14-20-13-17-8-9-17)21-11-10-18(15-21)23-12-4-7-16-5-2-1-3-6-16/h1-3,5-6,17-18,20H,4,7-15H2. The first-order valence-corrected chi connectivity index (χ1v) is 8.95. The Bertz CT molecular complexity index is 487. The number of carbonyl (C=O) groups excluding carboxylic acids is 1. The average Bonchev–Trinajstić information content (AvgIpc) is 3.28. The minimum atomic E-state index is 0.221. The Kier molecular flexibility index (Phi) is 6.06. The van der Waals surface area contributed by atoms with Gasteiger partial charge in [0.1, 0.15) is 0 Å². The largest absolute Gasteiger partial charge is 0.376 e. The molecule has 1 saturated carbocycles. The first-order chi connectivity index (χ1) is 11.3. The highest BCUT2D eigenvalue weighted by Crippen LogP contribution is 2.27. The Morgan fingerprint density at radius 1 is 1.22 bits per heavy atom. The van der Waals surface area contributed by atoms with Gasteiger partial charge in [-0.3, -0.25) is 4.79 Å². The maximum atomic E-state index is 12.1. The summed E-state index contributed by atoms with van der Waals surface area (Å²) in [6, 6.07) is 10.5. The van der Waals surface area contributed by atoms with Gasteiger partial charge in [0.2, 0.25) is 5.91 Å². The number of aryl methyl sites for hydroxylation is 1. The van der Waals surface area contributed by atoms with Gasteiger partial charge in [-0.1, -0.05) is 30.3 Å². The van der Waals surface area contributed by atoms with Gasteiger partial charge in [-0.25, -0.2) is 0 Å². The van der Waals surface area contributed by atoms with Crippen molar-refractivity contribution in [3.8, 4) is 0 Å². The van der Waals surface area contributed by atoms with Crippen molar-refractivity contribution in [3.63, 3.8) is 0 Å². The molecule has 126 valence electrons. The summed E-state index contributed by atoms with van der Waals surface area (Å²) in [5.41, 5.74) is 1.36. The van der Waals surface area contributed by atoms with Crippen LogP contribution in [0.15, 0.2) is 30.3 Å². The van der Waals surface area contributed by atoms with E-state index in [1.807, 2.05) is 11.0 Å². The second-order valence-corrected chi connectivity index (χ2v) is 6.78. The summed E-state index contributed by atoms with van der Waals surface area (Å²) in [6.07, 6.45) is 5.93. The highest BCUT2D eigenvalue weighted by atomic mass is 16.5. The first kappa shape index (κ1) is 16.5. The molecule has 1 aromatic carbocycles. The van der Waals surface area contributed by atoms with Crippen LogP contribution in [0.1, 0.15) is 31.2 Å². The van der Waals surface area contributed by atoms with Crippen LogP contribution in [-0.2, 0) is 16.0 Å². The fraction of sp³-hybridized carbons (Fsp3) is 0.632. The number of amides is 1. The minimum Gasteiger partial charge on any atom is -0.376 e. The zero-order chi connectivity index (χ0) is 15.9. The fourth-order valence-electron chi connectivity index (χ4n) is 3.08. The van der Waals surface area contributed by atoms with E-state index < -0.39 is 0 Å². The Balaban J connectivity index is 1.26. The third-order valence-electron chi connectivity index (χ3n) is 4.71. The predicted octanol–water partition coefficient (Wildman–Crippen LogP) is 2.24. The van der Waals surface area contributed by atoms with Gasteiger partial charge in [0.15, 0.2) is 0 Å². The van der Waals surface area contributed by atoms with Crippen molar-refractivity contribution >= 4 is 5.91 Å². The quantitative estimate of drug-likeness (QED) is 0.710. The number of benzene rings is 1. The zero-order valence-electron chi connectivity index (χ0n) is 13.9. The van der Waals surface area contributed by atoms with E-state index in [0.717, 1.165) is 51.4 Å². The summed E-state index contributed by atoms with van der Waals surface area (Å²) in [4.78, 5) is 14.1. The van der Waals surface area contributed by atoms with Crippen molar-refractivity contribution in [1.82, 2.24) is 10.2 Å². The van der Waals surface area contributed by atoms with Crippen molar-refractivity contribution in [1.29, 1.82) is 0 Å². The van der Waals surface area contributed by atoms with Gasteiger partial charge in [0, 0.05) is 19.7 Å². The minimum absolute atomic E-state index is 0.221. The van der Waals surface area contributed by atoms with Gasteiger partial charge in [-0.05, 0) is 50.1 Å². The molecule has 1 N–H and O–H groups in total. The van der Waals surface area contributed by atoms with E-state index >= 15 is 0 Å². The number of nitrogens with zero attached hydrogens (tertiary/aromatic N) is 1. The lowest BCUT2D eigenvalue weighted by Crippen LogP contribution is -2.38. The van der Waals surface area contributed by atoms with Gasteiger partial charge in [-0.2, -0.15) is 0 Å². The summed E-state index contributed by atoms with van der Waals surface area (Å²) in [5.74, 6) is 1.04. The summed E-state index contributed by atoms with van der Waals surface area (Å²) in [7, 11) is 0. The lowest BCUT2D eigenvalue weighted by molar-refractivity contribution is -0.129. The molecule has 2 aliphatic rings. The lowest BCUT2D eigenvalue weighted by Gasteiger charge is -2.17. The van der Waals surface area contributed by atoms with Gasteiger partial charge >= 0.3 is 0 Å². The van der Waals surface area contributed by atoms with Crippen LogP contribution in [-0.4, -0.2) is 49.7 Å². The van der Waals surface area contributed by atoms with Crippen molar-refractivity contribution in [2.75, 3.05) is 32.8 Å². The van der Waals surface area contributed by atoms with Crippen LogP contribution in [0.4, 0.5) is 0 Å². The van der Waals surface area contributed by atoms with E-state index in [1.165, 1.54) is 18.4 Å². The molecule has 1 amide bonds. The number of rotatable bonds is 9. The highest BCUT2D eigenvalue weighted by molar-refractivity contribution is 5.78. The smallest absolute Gasteiger partial charge is 0.236 e. The fourth-order valence-corrected chi connectivity index (χ4v) is 3.08. The molecule has 0 spiro atoms. The van der Waals surface area contributed by atoms with E-state index in [-0.39, 0.29) is 12.0 Å². The molecule has 4 heteroatoms. The molecule has 4 nitrogen and oxygen atoms in total. The summed E-state index contributed by atoms with van der Waals surface area (Å²) >= 11 is 0. The van der Waals surface area contributed by atoms with Gasteiger partial charge in [-0.15, -0.1) is 0 Å². The van der Waals surface area contributed by atoms with E-state index in [2.05, 4.69) is 29.6 Å². The number of hydrogen-bond donors (Lipinski definition) is 1. The Morgan fingerprint density at radius 3 is 2.83 bits per heavy atom. The van der Waals surface area contributed by atoms with Crippen LogP contribution in [0, 0.1) is 5.92 Å². The number of nitrogens with one attached hydrogen (secondary N) is 1. The highest BCUT2D eigenvalue weighted by Gasteiger charge is 2.27. The zero-order valence-corrected chi connectivity index (χ0v) is 13.9. The molecule has 1 atom stereocenters. The molecule has 1 unspecified atom stereocenters. The normalized spacial score (nSPS) is 20.9. The Hall–Kier alpha value is -1.39. The van der Waals surface area contributed by atoms with Crippen LogP contribution in [0.5, 0.6) is 0 Å². The molecule has 1 heterocycles. The van der Waals surface area contributed by atoms with Crippen molar-refractivity contribution in [3.05, 3.63) is 35.9 Å². The maximum Gasteiger partial charge on any atom is 0.236 e. The third kappa shape index (κ3) is 5.63. The molecule has 23 heavy (non-hydrogen) atoms. The van der Waals surface area contributed by atoms with Gasteiger partial charge in [0.05, 0.1) is 12.6 Å². The number of carbonyl (C=O) groups is 1. The molecule has 1 aliphatic heterocycles. The molecule has 1 aromatic rings. The SMILES string of the molecule is O=C(CNCC1CC1)N1CCC(OCCCc2ccccc2)C1. The van der Waals surface area contributed by atoms with Crippen LogP contribution in [0.3, 0.4) is 0 Å². The molecule has 0 aromatic heterocycles. The third-order valence-corrected chi connectivity index (χ3v) is 4.71. The van der Waals surface area contributed by atoms with Crippen molar-refractivity contribution < 1.29 is 9.53 Å². The predicted molar refractivity (Wildman–Crippen MR) is 91.3 cm³/mol. The Morgan fingerprint density at radius 2 is 2.04 bits per heavy atom. The molecule has 2 fully saturated rings. The summed E-state index contributed by atoms with van der Waals surface area (Å²) in [6.45, 7) is 3.86. The molecule has 1 saturated heterocycles. The van der Waals surface area contributed by atoms with Crippen molar-refractivity contribution in [2.45, 2.75) is 38.2 Å². The second-order valence-electron chi connectivity index (χ2n) is 6.78. The van der Waals surface area contributed by atoms with Crippen LogP contribution < -0.4 is 5.32 Å². The molecular weight excluding hydrogens is 288 g/mol. The van der Waals surface area contributed by atoms with Crippen LogP contribution in [0.2, 0.25) is 0 Å². The molecule has 0 bridgehead atoms. The molecule has 0 radical (unpaired) electrons. The van der Waals surface area contributed by atoms with Crippen LogP contribution in [0.25, 0.3) is 0 Å². The van der Waals surface area contributed by atoms with Gasteiger partial charge < -0.3 is 15.0 Å².